The molecule has 0 rings (SSSR count). The van der Waals surface area contributed by atoms with E-state index in [1.165, 1.54) is 0 Å². The van der Waals surface area contributed by atoms with Crippen molar-refractivity contribution in [1.29, 1.82) is 10.5 Å². The Bertz CT molecular complexity index is 332. The highest BCUT2D eigenvalue weighted by Gasteiger charge is 2.24. The smallest absolute Gasteiger partial charge is 0.0772 e. The van der Waals surface area contributed by atoms with Crippen LogP contribution in [0.15, 0.2) is 10.2 Å². The van der Waals surface area contributed by atoms with Crippen molar-refractivity contribution in [3.63, 3.8) is 0 Å². The molecule has 0 aromatic rings. The van der Waals surface area contributed by atoms with Crippen molar-refractivity contribution in [2.24, 2.45) is 22.1 Å². The van der Waals surface area contributed by atoms with Crippen LogP contribution in [0.5, 0.6) is 0 Å². The third-order valence-corrected chi connectivity index (χ3v) is 2.64. The second kappa shape index (κ2) is 6.50. The summed E-state index contributed by atoms with van der Waals surface area (Å²) in [4.78, 5) is 0. The summed E-state index contributed by atoms with van der Waals surface area (Å²) >= 11 is 0. The number of hydrogen-bond donors (Lipinski definition) is 0. The minimum absolute atomic E-state index is 0.0277. The van der Waals surface area contributed by atoms with Crippen LogP contribution in [-0.4, -0.2) is 11.1 Å². The van der Waals surface area contributed by atoms with E-state index >= 15 is 0 Å². The van der Waals surface area contributed by atoms with Crippen molar-refractivity contribution in [3.05, 3.63) is 0 Å². The average molecular weight is 248 g/mol. The molecule has 0 aromatic carbocycles. The summed E-state index contributed by atoms with van der Waals surface area (Å²) in [6.45, 7) is 11.7. The van der Waals surface area contributed by atoms with Gasteiger partial charge in [0.1, 0.15) is 0 Å². The van der Waals surface area contributed by atoms with Crippen LogP contribution in [0.2, 0.25) is 0 Å². The van der Waals surface area contributed by atoms with Crippen LogP contribution in [0.25, 0.3) is 0 Å². The highest BCUT2D eigenvalue weighted by Crippen LogP contribution is 2.25. The monoisotopic (exact) mass is 248 g/mol. The third kappa shape index (κ3) is 7.01. The van der Waals surface area contributed by atoms with Crippen LogP contribution >= 0.6 is 0 Å². The van der Waals surface area contributed by atoms with Gasteiger partial charge in [0.05, 0.1) is 23.2 Å². The van der Waals surface area contributed by atoms with Crippen LogP contribution in [0.4, 0.5) is 0 Å². The largest absolute Gasteiger partial charge is 0.198 e. The van der Waals surface area contributed by atoms with Gasteiger partial charge >= 0.3 is 0 Å². The lowest BCUT2D eigenvalue weighted by Gasteiger charge is -2.24. The molecule has 0 heterocycles. The molecule has 0 aromatic heterocycles. The number of nitrogens with zero attached hydrogens (tertiary/aromatic N) is 4. The van der Waals surface area contributed by atoms with Crippen LogP contribution in [0.1, 0.15) is 54.4 Å². The molecular weight excluding hydrogens is 224 g/mol. The van der Waals surface area contributed by atoms with E-state index in [1.807, 2.05) is 41.5 Å². The first-order valence-corrected chi connectivity index (χ1v) is 6.35. The van der Waals surface area contributed by atoms with Gasteiger partial charge in [-0.3, -0.25) is 0 Å². The first-order chi connectivity index (χ1) is 8.12. The van der Waals surface area contributed by atoms with Gasteiger partial charge in [0, 0.05) is 11.8 Å². The van der Waals surface area contributed by atoms with Crippen molar-refractivity contribution in [2.75, 3.05) is 0 Å². The van der Waals surface area contributed by atoms with E-state index in [1.54, 1.807) is 0 Å². The molecule has 0 radical (unpaired) electrons. The summed E-state index contributed by atoms with van der Waals surface area (Å²) in [5.74, 6) is -0.0554. The van der Waals surface area contributed by atoms with Crippen molar-refractivity contribution >= 4 is 0 Å². The van der Waals surface area contributed by atoms with E-state index < -0.39 is 0 Å². The van der Waals surface area contributed by atoms with Gasteiger partial charge in [-0.15, -0.1) is 0 Å². The van der Waals surface area contributed by atoms with Crippen LogP contribution < -0.4 is 0 Å². The topological polar surface area (TPSA) is 72.3 Å². The fourth-order valence-corrected chi connectivity index (χ4v) is 1.94. The van der Waals surface area contributed by atoms with Crippen LogP contribution in [0, 0.1) is 34.5 Å². The SMILES string of the molecule is CC(C#N)CC(C)(C)N=NC(C)(C)CC(C)C#N. The molecule has 2 atom stereocenters. The van der Waals surface area contributed by atoms with E-state index in [4.69, 9.17) is 10.5 Å². The minimum Gasteiger partial charge on any atom is -0.198 e. The van der Waals surface area contributed by atoms with Gasteiger partial charge in [0.15, 0.2) is 0 Å². The van der Waals surface area contributed by atoms with E-state index in [9.17, 15) is 0 Å². The molecule has 0 aliphatic carbocycles. The van der Waals surface area contributed by atoms with Gasteiger partial charge in [0.2, 0.25) is 0 Å². The van der Waals surface area contributed by atoms with Crippen molar-refractivity contribution in [3.8, 4) is 12.1 Å². The highest BCUT2D eigenvalue weighted by molar-refractivity contribution is 4.91. The quantitative estimate of drug-likeness (QED) is 0.664. The lowest BCUT2D eigenvalue weighted by atomic mass is 9.92. The molecule has 0 bridgehead atoms. The molecular formula is C14H24N4. The van der Waals surface area contributed by atoms with Gasteiger partial charge in [-0.1, -0.05) is 0 Å². The first-order valence-electron chi connectivity index (χ1n) is 6.35. The predicted molar refractivity (Wildman–Crippen MR) is 71.8 cm³/mol. The Labute approximate surface area is 111 Å². The lowest BCUT2D eigenvalue weighted by molar-refractivity contribution is 0.353. The molecule has 0 saturated heterocycles. The van der Waals surface area contributed by atoms with Gasteiger partial charge in [-0.25, -0.2) is 0 Å². The lowest BCUT2D eigenvalue weighted by Crippen LogP contribution is -2.24. The minimum atomic E-state index is -0.331. The summed E-state index contributed by atoms with van der Waals surface area (Å²) in [5.41, 5.74) is -0.662. The molecule has 4 heteroatoms. The Kier molecular flexibility index (Phi) is 5.98. The van der Waals surface area contributed by atoms with Gasteiger partial charge in [-0.2, -0.15) is 20.8 Å². The van der Waals surface area contributed by atoms with Gasteiger partial charge in [0.25, 0.3) is 0 Å². The fourth-order valence-electron chi connectivity index (χ4n) is 1.94. The van der Waals surface area contributed by atoms with Crippen molar-refractivity contribution in [1.82, 2.24) is 0 Å². The molecule has 2 unspecified atom stereocenters. The number of rotatable bonds is 6. The Balaban J connectivity index is 4.62. The zero-order valence-corrected chi connectivity index (χ0v) is 12.4. The Morgan fingerprint density at radius 2 is 1.11 bits per heavy atom. The van der Waals surface area contributed by atoms with E-state index in [0.717, 1.165) is 0 Å². The summed E-state index contributed by atoms with van der Waals surface area (Å²) in [5, 5.41) is 26.4. The average Bonchev–Trinajstić information content (AvgIpc) is 2.25. The summed E-state index contributed by atoms with van der Waals surface area (Å²) in [6.07, 6.45) is 1.38. The van der Waals surface area contributed by atoms with E-state index in [2.05, 4.69) is 22.4 Å². The highest BCUT2D eigenvalue weighted by atomic mass is 15.2. The zero-order valence-electron chi connectivity index (χ0n) is 12.4. The third-order valence-electron chi connectivity index (χ3n) is 2.64. The summed E-state index contributed by atoms with van der Waals surface area (Å²) in [7, 11) is 0. The van der Waals surface area contributed by atoms with E-state index in [0.29, 0.717) is 12.8 Å². The Hall–Kier alpha value is -1.42. The second-order valence-corrected chi connectivity index (χ2v) is 6.29. The molecule has 18 heavy (non-hydrogen) atoms. The maximum atomic E-state index is 8.82. The fraction of sp³-hybridized carbons (Fsp3) is 0.857. The molecule has 0 spiro atoms. The summed E-state index contributed by atoms with van der Waals surface area (Å²) in [6, 6.07) is 4.43. The number of hydrogen-bond acceptors (Lipinski definition) is 4. The molecule has 0 saturated carbocycles. The molecule has 100 valence electrons. The van der Waals surface area contributed by atoms with Gasteiger partial charge < -0.3 is 0 Å². The number of nitriles is 2. The maximum absolute atomic E-state index is 8.82. The molecule has 0 fully saturated rings. The Morgan fingerprint density at radius 3 is 1.33 bits per heavy atom. The standard InChI is InChI=1S/C14H24N4/c1-11(9-15)7-13(3,4)17-18-14(5,6)8-12(2)10-16/h11-12H,7-8H2,1-6H3. The predicted octanol–water partition coefficient (Wildman–Crippen LogP) is 4.10. The van der Waals surface area contributed by atoms with E-state index in [-0.39, 0.29) is 22.9 Å². The zero-order chi connectivity index (χ0) is 14.4. The van der Waals surface area contributed by atoms with Crippen molar-refractivity contribution in [2.45, 2.75) is 65.5 Å². The maximum Gasteiger partial charge on any atom is 0.0772 e. The van der Waals surface area contributed by atoms with Crippen molar-refractivity contribution < 1.29 is 0 Å². The van der Waals surface area contributed by atoms with Crippen LogP contribution in [-0.2, 0) is 0 Å². The molecule has 0 aliphatic heterocycles. The molecule has 0 amide bonds. The first kappa shape index (κ1) is 16.6. The normalized spacial score (nSPS) is 16.0. The molecule has 0 aliphatic rings. The molecule has 0 N–H and O–H groups in total. The number of azo groups is 1. The molecule has 4 nitrogen and oxygen atoms in total. The van der Waals surface area contributed by atoms with Crippen LogP contribution in [0.3, 0.4) is 0 Å². The second-order valence-electron chi connectivity index (χ2n) is 6.29. The Morgan fingerprint density at radius 1 is 0.833 bits per heavy atom. The summed E-state index contributed by atoms with van der Waals surface area (Å²) < 4.78 is 0. The van der Waals surface area contributed by atoms with Gasteiger partial charge in [-0.05, 0) is 54.4 Å².